The topological polar surface area (TPSA) is 59.3 Å². The van der Waals surface area contributed by atoms with Crippen molar-refractivity contribution in [2.24, 2.45) is 0 Å². The van der Waals surface area contributed by atoms with Gasteiger partial charge in [-0.05, 0) is 42.3 Å². The highest BCUT2D eigenvalue weighted by atomic mass is 16.5. The summed E-state index contributed by atoms with van der Waals surface area (Å²) in [6, 6.07) is 16.2. The molecule has 0 radical (unpaired) electrons. The molecule has 3 aromatic rings. The average Bonchev–Trinajstić information content (AvgIpc) is 2.60. The number of aryl methyl sites for hydroxylation is 1. The summed E-state index contributed by atoms with van der Waals surface area (Å²) in [4.78, 5) is 14.5. The second-order valence-electron chi connectivity index (χ2n) is 5.40. The summed E-state index contributed by atoms with van der Waals surface area (Å²) < 4.78 is 5.93. The number of H-pyrrole nitrogens is 1. The molecular weight excluding hydrogens is 302 g/mol. The van der Waals surface area contributed by atoms with Crippen molar-refractivity contribution >= 4 is 5.69 Å². The number of rotatable bonds is 4. The molecule has 0 aliphatic carbocycles. The van der Waals surface area contributed by atoms with Crippen LogP contribution >= 0.6 is 0 Å². The normalized spacial score (nSPS) is 10.2. The Kier molecular flexibility index (Phi) is 4.39. The van der Waals surface area contributed by atoms with Gasteiger partial charge in [0.05, 0.1) is 12.3 Å². The van der Waals surface area contributed by atoms with Crippen LogP contribution in [0.15, 0.2) is 59.4 Å². The maximum absolute atomic E-state index is 11.1. The number of hydrogen-bond donors (Lipinski definition) is 1. The van der Waals surface area contributed by atoms with E-state index in [1.165, 1.54) is 6.07 Å². The first-order chi connectivity index (χ1) is 11.6. The van der Waals surface area contributed by atoms with E-state index in [1.807, 2.05) is 31.2 Å². The van der Waals surface area contributed by atoms with Crippen LogP contribution in [0.3, 0.4) is 0 Å². The van der Waals surface area contributed by atoms with Crippen LogP contribution in [0.25, 0.3) is 4.85 Å². The van der Waals surface area contributed by atoms with Crippen molar-refractivity contribution in [3.8, 4) is 11.5 Å². The van der Waals surface area contributed by atoms with Gasteiger partial charge in [0.25, 0.3) is 5.56 Å². The lowest BCUT2D eigenvalue weighted by Gasteiger charge is -2.11. The van der Waals surface area contributed by atoms with Crippen LogP contribution in [0.1, 0.15) is 16.8 Å². The van der Waals surface area contributed by atoms with E-state index in [0.717, 1.165) is 22.6 Å². The van der Waals surface area contributed by atoms with E-state index in [-0.39, 0.29) is 5.56 Å². The third-order valence-corrected chi connectivity index (χ3v) is 3.55. The van der Waals surface area contributed by atoms with Crippen molar-refractivity contribution < 1.29 is 4.74 Å². The zero-order valence-corrected chi connectivity index (χ0v) is 13.1. The molecule has 0 saturated carbocycles. The van der Waals surface area contributed by atoms with Gasteiger partial charge in [-0.15, -0.1) is 0 Å². The van der Waals surface area contributed by atoms with Crippen LogP contribution in [0.5, 0.6) is 11.5 Å². The van der Waals surface area contributed by atoms with Gasteiger partial charge in [0, 0.05) is 12.5 Å². The first-order valence-electron chi connectivity index (χ1n) is 7.43. The lowest BCUT2D eigenvalue weighted by Crippen LogP contribution is -2.07. The number of ether oxygens (including phenoxy) is 1. The van der Waals surface area contributed by atoms with E-state index in [1.54, 1.807) is 24.3 Å². The monoisotopic (exact) mass is 317 g/mol. The van der Waals surface area contributed by atoms with E-state index in [0.29, 0.717) is 17.9 Å². The fraction of sp³-hybridized carbons (Fsp3) is 0.105. The number of hydrogen-bond acceptors (Lipinski definition) is 3. The Bertz CT molecular complexity index is 950. The first-order valence-corrected chi connectivity index (χ1v) is 7.43. The van der Waals surface area contributed by atoms with Gasteiger partial charge in [0.1, 0.15) is 11.5 Å². The second-order valence-corrected chi connectivity index (χ2v) is 5.40. The van der Waals surface area contributed by atoms with Crippen LogP contribution in [0.4, 0.5) is 5.69 Å². The quantitative estimate of drug-likeness (QED) is 0.740. The summed E-state index contributed by atoms with van der Waals surface area (Å²) in [5.74, 6) is 1.37. The second kappa shape index (κ2) is 6.80. The maximum Gasteiger partial charge on any atom is 0.264 e. The molecule has 0 fully saturated rings. The zero-order chi connectivity index (χ0) is 16.9. The predicted molar refractivity (Wildman–Crippen MR) is 91.6 cm³/mol. The molecule has 5 heteroatoms. The predicted octanol–water partition coefficient (Wildman–Crippen LogP) is 4.01. The van der Waals surface area contributed by atoms with Crippen LogP contribution in [0.2, 0.25) is 0 Å². The Hall–Kier alpha value is -3.39. The molecule has 0 aliphatic rings. The molecule has 1 N–H and O–H groups in total. The molecule has 0 amide bonds. The summed E-state index contributed by atoms with van der Waals surface area (Å²) >= 11 is 0. The van der Waals surface area contributed by atoms with Crippen molar-refractivity contribution in [1.29, 1.82) is 0 Å². The highest BCUT2D eigenvalue weighted by molar-refractivity contribution is 5.50. The van der Waals surface area contributed by atoms with Crippen LogP contribution in [0, 0.1) is 13.5 Å². The van der Waals surface area contributed by atoms with Gasteiger partial charge in [0.2, 0.25) is 0 Å². The molecule has 0 bridgehead atoms. The molecule has 1 heterocycles. The minimum atomic E-state index is -0.216. The average molecular weight is 317 g/mol. The van der Waals surface area contributed by atoms with Crippen molar-refractivity contribution in [3.05, 3.63) is 93.2 Å². The molecular formula is C19H15N3O2. The van der Waals surface area contributed by atoms with E-state index < -0.39 is 0 Å². The van der Waals surface area contributed by atoms with Crippen LogP contribution in [-0.4, -0.2) is 10.2 Å². The van der Waals surface area contributed by atoms with Gasteiger partial charge in [-0.25, -0.2) is 9.94 Å². The van der Waals surface area contributed by atoms with Crippen molar-refractivity contribution in [2.45, 2.75) is 13.3 Å². The van der Waals surface area contributed by atoms with Crippen LogP contribution < -0.4 is 10.3 Å². The highest BCUT2D eigenvalue weighted by Crippen LogP contribution is 2.29. The van der Waals surface area contributed by atoms with E-state index in [4.69, 9.17) is 11.3 Å². The zero-order valence-electron chi connectivity index (χ0n) is 13.1. The Morgan fingerprint density at radius 1 is 1.17 bits per heavy atom. The maximum atomic E-state index is 11.1. The summed E-state index contributed by atoms with van der Waals surface area (Å²) in [5, 5.41) is 6.45. The van der Waals surface area contributed by atoms with Crippen LogP contribution in [-0.2, 0) is 6.42 Å². The lowest BCUT2D eigenvalue weighted by molar-refractivity contribution is 0.478. The van der Waals surface area contributed by atoms with E-state index >= 15 is 0 Å². The number of nitrogens with zero attached hydrogens (tertiary/aromatic N) is 2. The number of nitrogens with one attached hydrogen (secondary N) is 1. The van der Waals surface area contributed by atoms with Gasteiger partial charge < -0.3 is 4.74 Å². The molecule has 118 valence electrons. The molecule has 0 unspecified atom stereocenters. The fourth-order valence-corrected chi connectivity index (χ4v) is 2.29. The number of aromatic amines is 1. The standard InChI is InChI=1S/C19H15N3O2/c1-13-6-7-14(10-16-8-9-19(23)22-21-16)11-18(13)24-17-5-3-4-15(12-17)20-2/h3-9,11-12H,10H2,1H3,(H,22,23). The summed E-state index contributed by atoms with van der Waals surface area (Å²) in [7, 11) is 0. The Labute approximate surface area is 139 Å². The number of aromatic nitrogens is 2. The van der Waals surface area contributed by atoms with Crippen molar-refractivity contribution in [2.75, 3.05) is 0 Å². The summed E-state index contributed by atoms with van der Waals surface area (Å²) in [6.07, 6.45) is 0.593. The first kappa shape index (κ1) is 15.5. The minimum absolute atomic E-state index is 0.216. The Morgan fingerprint density at radius 3 is 2.79 bits per heavy atom. The minimum Gasteiger partial charge on any atom is -0.458 e. The molecule has 3 rings (SSSR count). The third-order valence-electron chi connectivity index (χ3n) is 3.55. The summed E-state index contributed by atoms with van der Waals surface area (Å²) in [5.41, 5.74) is 3.13. The molecule has 2 aromatic carbocycles. The SMILES string of the molecule is [C-]#[N+]c1cccc(Oc2cc(Cc3ccc(=O)[nH]n3)ccc2C)c1. The summed E-state index contributed by atoms with van der Waals surface area (Å²) in [6.45, 7) is 9.04. The molecule has 0 spiro atoms. The Morgan fingerprint density at radius 2 is 2.04 bits per heavy atom. The third kappa shape index (κ3) is 3.68. The fourth-order valence-electron chi connectivity index (χ4n) is 2.29. The van der Waals surface area contributed by atoms with Gasteiger partial charge in [-0.1, -0.05) is 24.3 Å². The van der Waals surface area contributed by atoms with Gasteiger partial charge in [-0.2, -0.15) is 5.10 Å². The van der Waals surface area contributed by atoms with E-state index in [2.05, 4.69) is 15.0 Å². The van der Waals surface area contributed by atoms with Crippen molar-refractivity contribution in [1.82, 2.24) is 10.2 Å². The molecule has 0 atom stereocenters. The molecule has 24 heavy (non-hydrogen) atoms. The van der Waals surface area contributed by atoms with Gasteiger partial charge in [0.15, 0.2) is 5.69 Å². The van der Waals surface area contributed by atoms with E-state index in [9.17, 15) is 4.79 Å². The number of benzene rings is 2. The Balaban J connectivity index is 1.84. The molecule has 5 nitrogen and oxygen atoms in total. The van der Waals surface area contributed by atoms with Crippen molar-refractivity contribution in [3.63, 3.8) is 0 Å². The van der Waals surface area contributed by atoms with Gasteiger partial charge in [-0.3, -0.25) is 4.79 Å². The molecule has 0 saturated heterocycles. The molecule has 1 aromatic heterocycles. The largest absolute Gasteiger partial charge is 0.458 e. The lowest BCUT2D eigenvalue weighted by atomic mass is 10.1. The molecule has 0 aliphatic heterocycles. The van der Waals surface area contributed by atoms with Gasteiger partial charge >= 0.3 is 0 Å². The smallest absolute Gasteiger partial charge is 0.264 e. The highest BCUT2D eigenvalue weighted by Gasteiger charge is 2.06.